The summed E-state index contributed by atoms with van der Waals surface area (Å²) in [6.07, 6.45) is 12.0. The van der Waals surface area contributed by atoms with E-state index in [4.69, 9.17) is 0 Å². The Morgan fingerprint density at radius 2 is 1.30 bits per heavy atom. The average Bonchev–Trinajstić information content (AvgIpc) is 3.56. The van der Waals surface area contributed by atoms with Gasteiger partial charge in [-0.25, -0.2) is 0 Å². The van der Waals surface area contributed by atoms with E-state index in [1.807, 2.05) is 18.2 Å². The Morgan fingerprint density at radius 3 is 2.07 bits per heavy atom. The summed E-state index contributed by atoms with van der Waals surface area (Å²) in [5.74, 6) is 0.410. The van der Waals surface area contributed by atoms with Crippen molar-refractivity contribution in [2.75, 3.05) is 0 Å². The van der Waals surface area contributed by atoms with E-state index in [0.29, 0.717) is 17.0 Å². The summed E-state index contributed by atoms with van der Waals surface area (Å²) in [6.45, 7) is 2.31. The molecule has 0 amide bonds. The van der Waals surface area contributed by atoms with Crippen molar-refractivity contribution in [2.45, 2.75) is 26.2 Å². The number of aromatic nitrogens is 1. The molecule has 1 aromatic heterocycles. The molecule has 0 aliphatic heterocycles. The van der Waals surface area contributed by atoms with Gasteiger partial charge < -0.3 is 4.57 Å². The molecule has 0 fully saturated rings. The van der Waals surface area contributed by atoms with Crippen LogP contribution in [0.2, 0.25) is 0 Å². The second-order valence-corrected chi connectivity index (χ2v) is 14.6. The van der Waals surface area contributed by atoms with Gasteiger partial charge in [-0.15, -0.1) is 0 Å². The number of hydrogen-bond donors (Lipinski definition) is 0. The summed E-state index contributed by atoms with van der Waals surface area (Å²) in [5, 5.41) is 26.7. The van der Waals surface area contributed by atoms with Gasteiger partial charge in [-0.3, -0.25) is 0 Å². The smallest absolute Gasteiger partial charge is 0.0998 e. The summed E-state index contributed by atoms with van der Waals surface area (Å²) in [4.78, 5) is 0. The first-order valence-electron chi connectivity index (χ1n) is 18.8. The number of fused-ring (bicyclic) bond motifs is 7. The largest absolute Gasteiger partial charge is 0.309 e. The summed E-state index contributed by atoms with van der Waals surface area (Å²) in [6, 6.07) is 50.2. The normalized spacial score (nSPS) is 14.5. The lowest BCUT2D eigenvalue weighted by Gasteiger charge is -2.26. The highest BCUT2D eigenvalue weighted by atomic mass is 15.0. The van der Waals surface area contributed by atoms with Crippen molar-refractivity contribution in [3.8, 4) is 51.2 Å². The lowest BCUT2D eigenvalue weighted by atomic mass is 9.78. The van der Waals surface area contributed by atoms with Gasteiger partial charge in [-0.05, 0) is 122 Å². The van der Waals surface area contributed by atoms with Gasteiger partial charge in [-0.1, -0.05) is 122 Å². The fourth-order valence-corrected chi connectivity index (χ4v) is 8.99. The van der Waals surface area contributed by atoms with E-state index < -0.39 is 0 Å². The first-order valence-corrected chi connectivity index (χ1v) is 18.8. The van der Waals surface area contributed by atoms with Crippen LogP contribution in [-0.4, -0.2) is 4.57 Å². The van der Waals surface area contributed by atoms with Crippen molar-refractivity contribution >= 4 is 50.8 Å². The van der Waals surface area contributed by atoms with Crippen LogP contribution in [0.25, 0.3) is 89.9 Å². The van der Waals surface area contributed by atoms with Gasteiger partial charge in [0, 0.05) is 21.7 Å². The predicted octanol–water partition coefficient (Wildman–Crippen LogP) is 11.2. The maximum absolute atomic E-state index is 10.2. The second kappa shape index (κ2) is 12.6. The van der Waals surface area contributed by atoms with Crippen LogP contribution in [0.3, 0.4) is 0 Å². The highest BCUT2D eigenvalue weighted by Gasteiger charge is 2.24. The third-order valence-corrected chi connectivity index (χ3v) is 11.4. The standard InChI is InChI=1S/C51H35N3/c1-32-18-24-43-46(26-32)50(42-16-7-6-15-41(42)49(43)36-22-20-35(21-23-36)34-10-3-2-4-11-34)37-12-9-13-39(28-37)54-48-25-19-33(30-52)27-45(48)47-29-38(31-53)40-14-5-8-17-44(40)51(47)54/h2-4,6-7,9-25,27-29,32H,5,8,26H2,1H3/t32-/m1/s1. The predicted molar refractivity (Wildman–Crippen MR) is 223 cm³/mol. The monoisotopic (exact) mass is 689 g/mol. The Balaban J connectivity index is 1.23. The number of benzene rings is 7. The molecular formula is C51H35N3. The van der Waals surface area contributed by atoms with Crippen LogP contribution in [0, 0.1) is 28.6 Å². The lowest BCUT2D eigenvalue weighted by molar-refractivity contribution is 0.719. The highest BCUT2D eigenvalue weighted by molar-refractivity contribution is 6.12. The van der Waals surface area contributed by atoms with Gasteiger partial charge in [-0.2, -0.15) is 10.5 Å². The molecule has 3 heteroatoms. The third kappa shape index (κ3) is 4.94. The molecular weight excluding hydrogens is 655 g/mol. The summed E-state index contributed by atoms with van der Waals surface area (Å²) < 4.78 is 2.35. The minimum atomic E-state index is 0.410. The SMILES string of the molecule is C[C@@H]1C=Cc2c(c(-c3cccc(-n4c5ccc(C#N)cc5c5cc(C#N)c6c(c54)=CCCC=6)c3)c3ccccc3c2-c2ccc(-c3ccccc3)cc2)C1. The van der Waals surface area contributed by atoms with Gasteiger partial charge in [0.2, 0.25) is 0 Å². The lowest BCUT2D eigenvalue weighted by Crippen LogP contribution is -2.31. The van der Waals surface area contributed by atoms with Crippen molar-refractivity contribution < 1.29 is 0 Å². The molecule has 8 aromatic rings. The van der Waals surface area contributed by atoms with Crippen molar-refractivity contribution in [1.29, 1.82) is 10.5 Å². The first-order chi connectivity index (χ1) is 26.6. The molecule has 3 nitrogen and oxygen atoms in total. The molecule has 10 rings (SSSR count). The highest BCUT2D eigenvalue weighted by Crippen LogP contribution is 2.46. The average molecular weight is 690 g/mol. The van der Waals surface area contributed by atoms with E-state index in [1.165, 1.54) is 55.3 Å². The van der Waals surface area contributed by atoms with Gasteiger partial charge >= 0.3 is 0 Å². The van der Waals surface area contributed by atoms with E-state index in [1.54, 1.807) is 0 Å². The summed E-state index contributed by atoms with van der Waals surface area (Å²) in [7, 11) is 0. The molecule has 0 saturated heterocycles. The molecule has 7 aromatic carbocycles. The molecule has 0 N–H and O–H groups in total. The van der Waals surface area contributed by atoms with E-state index >= 15 is 0 Å². The van der Waals surface area contributed by atoms with Crippen molar-refractivity contribution in [1.82, 2.24) is 4.57 Å². The Hall–Kier alpha value is -6.94. The van der Waals surface area contributed by atoms with Crippen molar-refractivity contribution in [3.05, 3.63) is 166 Å². The Kier molecular flexibility index (Phi) is 7.43. The zero-order valence-corrected chi connectivity index (χ0v) is 30.0. The van der Waals surface area contributed by atoms with Crippen LogP contribution >= 0.6 is 0 Å². The molecule has 0 spiro atoms. The summed E-state index contributed by atoms with van der Waals surface area (Å²) in [5.41, 5.74) is 14.5. The first kappa shape index (κ1) is 31.8. The molecule has 0 radical (unpaired) electrons. The number of nitriles is 2. The molecule has 0 saturated carbocycles. The van der Waals surface area contributed by atoms with Crippen LogP contribution in [-0.2, 0) is 6.42 Å². The van der Waals surface area contributed by atoms with Crippen molar-refractivity contribution in [3.63, 3.8) is 0 Å². The minimum absolute atomic E-state index is 0.410. The summed E-state index contributed by atoms with van der Waals surface area (Å²) >= 11 is 0. The van der Waals surface area contributed by atoms with Gasteiger partial charge in [0.1, 0.15) is 0 Å². The molecule has 0 bridgehead atoms. The number of rotatable bonds is 4. The maximum atomic E-state index is 10.2. The third-order valence-electron chi connectivity index (χ3n) is 11.4. The quantitative estimate of drug-likeness (QED) is 0.185. The van der Waals surface area contributed by atoms with Crippen LogP contribution in [0.4, 0.5) is 0 Å². The number of nitrogens with zero attached hydrogens (tertiary/aromatic N) is 3. The van der Waals surface area contributed by atoms with Gasteiger partial charge in [0.25, 0.3) is 0 Å². The van der Waals surface area contributed by atoms with Gasteiger partial charge in [0.15, 0.2) is 0 Å². The second-order valence-electron chi connectivity index (χ2n) is 14.6. The van der Waals surface area contributed by atoms with Crippen LogP contribution < -0.4 is 10.4 Å². The molecule has 2 aliphatic rings. The molecule has 2 aliphatic carbocycles. The van der Waals surface area contributed by atoms with Crippen LogP contribution in [0.15, 0.2) is 133 Å². The zero-order valence-electron chi connectivity index (χ0n) is 30.0. The number of hydrogen-bond acceptors (Lipinski definition) is 2. The Labute approximate surface area is 314 Å². The number of allylic oxidation sites excluding steroid dienone is 1. The van der Waals surface area contributed by atoms with E-state index in [2.05, 4.69) is 157 Å². The van der Waals surface area contributed by atoms with Gasteiger partial charge in [0.05, 0.1) is 34.3 Å². The molecule has 54 heavy (non-hydrogen) atoms. The van der Waals surface area contributed by atoms with Crippen LogP contribution in [0.1, 0.15) is 42.0 Å². The van der Waals surface area contributed by atoms with Crippen molar-refractivity contribution in [2.24, 2.45) is 5.92 Å². The molecule has 254 valence electrons. The van der Waals surface area contributed by atoms with E-state index in [-0.39, 0.29) is 0 Å². The zero-order chi connectivity index (χ0) is 36.3. The van der Waals surface area contributed by atoms with E-state index in [0.717, 1.165) is 57.2 Å². The Morgan fingerprint density at radius 1 is 0.593 bits per heavy atom. The van der Waals surface area contributed by atoms with E-state index in [9.17, 15) is 10.5 Å². The van der Waals surface area contributed by atoms with Crippen LogP contribution in [0.5, 0.6) is 0 Å². The fraction of sp³-hybridized carbons (Fsp3) is 0.0980. The topological polar surface area (TPSA) is 52.5 Å². The molecule has 1 atom stereocenters. The maximum Gasteiger partial charge on any atom is 0.0998 e. The Bertz CT molecular complexity index is 3090. The molecule has 1 heterocycles. The fourth-order valence-electron chi connectivity index (χ4n) is 8.99. The molecule has 0 unspecified atom stereocenters. The minimum Gasteiger partial charge on any atom is -0.309 e.